The van der Waals surface area contributed by atoms with Crippen LogP contribution in [0.5, 0.6) is 0 Å². The minimum absolute atomic E-state index is 0.231. The van der Waals surface area contributed by atoms with Crippen LogP contribution < -0.4 is 10.2 Å². The summed E-state index contributed by atoms with van der Waals surface area (Å²) in [6.07, 6.45) is 0.855. The Bertz CT molecular complexity index is 773. The van der Waals surface area contributed by atoms with Crippen molar-refractivity contribution in [1.82, 2.24) is 15.1 Å². The van der Waals surface area contributed by atoms with Gasteiger partial charge in [0, 0.05) is 36.9 Å². The molecule has 0 radical (unpaired) electrons. The van der Waals surface area contributed by atoms with Gasteiger partial charge in [0.05, 0.1) is 0 Å². The quantitative estimate of drug-likeness (QED) is 0.844. The third-order valence-electron chi connectivity index (χ3n) is 4.12. The summed E-state index contributed by atoms with van der Waals surface area (Å²) in [5.74, 6) is 0.358. The molecule has 7 nitrogen and oxygen atoms in total. The van der Waals surface area contributed by atoms with E-state index in [0.29, 0.717) is 42.7 Å². The highest BCUT2D eigenvalue weighted by atomic mass is 35.5. The summed E-state index contributed by atoms with van der Waals surface area (Å²) >= 11 is 5.96. The van der Waals surface area contributed by atoms with Gasteiger partial charge >= 0.3 is 0 Å². The van der Waals surface area contributed by atoms with Gasteiger partial charge in [0.2, 0.25) is 6.41 Å². The van der Waals surface area contributed by atoms with Gasteiger partial charge in [-0.1, -0.05) is 17.7 Å². The first-order chi connectivity index (χ1) is 12.1. The second-order valence-electron chi connectivity index (χ2n) is 5.82. The van der Waals surface area contributed by atoms with E-state index in [1.54, 1.807) is 29.2 Å². The predicted octanol–water partition coefficient (Wildman–Crippen LogP) is 1.97. The molecule has 1 saturated heterocycles. The third-order valence-corrected chi connectivity index (χ3v) is 4.35. The summed E-state index contributed by atoms with van der Waals surface area (Å²) in [6, 6.07) is 8.72. The summed E-state index contributed by atoms with van der Waals surface area (Å²) in [5, 5.41) is 11.5. The van der Waals surface area contributed by atoms with E-state index in [2.05, 4.69) is 15.5 Å². The molecule has 0 spiro atoms. The molecular formula is C17H18ClN5O2. The van der Waals surface area contributed by atoms with Crippen molar-refractivity contribution >= 4 is 35.4 Å². The molecule has 2 heterocycles. The number of hydrogen-bond donors (Lipinski definition) is 1. The normalized spacial score (nSPS) is 14.3. The van der Waals surface area contributed by atoms with Gasteiger partial charge in [-0.05, 0) is 36.8 Å². The van der Waals surface area contributed by atoms with Crippen molar-refractivity contribution in [2.75, 3.05) is 36.4 Å². The van der Waals surface area contributed by atoms with Crippen molar-refractivity contribution in [2.45, 2.75) is 6.92 Å². The highest BCUT2D eigenvalue weighted by Gasteiger charge is 2.18. The molecule has 1 aliphatic heterocycles. The van der Waals surface area contributed by atoms with Crippen molar-refractivity contribution in [3.8, 4) is 0 Å². The van der Waals surface area contributed by atoms with Gasteiger partial charge in [-0.25, -0.2) is 0 Å². The number of halogens is 1. The Labute approximate surface area is 150 Å². The Morgan fingerprint density at radius 3 is 2.56 bits per heavy atom. The number of hydrogen-bond acceptors (Lipinski definition) is 5. The van der Waals surface area contributed by atoms with Crippen LogP contribution in [0.4, 0.5) is 11.5 Å². The van der Waals surface area contributed by atoms with Crippen LogP contribution in [0.2, 0.25) is 5.02 Å². The van der Waals surface area contributed by atoms with Crippen LogP contribution in [0, 0.1) is 6.92 Å². The smallest absolute Gasteiger partial charge is 0.276 e. The molecule has 0 bridgehead atoms. The summed E-state index contributed by atoms with van der Waals surface area (Å²) in [4.78, 5) is 26.8. The number of aryl methyl sites for hydroxylation is 1. The standard InChI is InChI=1S/C17H18ClN5O2/c1-12-2-3-13(18)10-15(12)19-17(25)14-4-5-16(21-20-14)23-8-6-22(11-24)7-9-23/h2-5,10-11H,6-9H2,1H3,(H,19,25). The summed E-state index contributed by atoms with van der Waals surface area (Å²) in [5.41, 5.74) is 1.79. The molecule has 2 amide bonds. The molecule has 1 N–H and O–H groups in total. The molecule has 130 valence electrons. The topological polar surface area (TPSA) is 78.4 Å². The van der Waals surface area contributed by atoms with Crippen LogP contribution in [0.1, 0.15) is 16.1 Å². The molecule has 1 aromatic heterocycles. The lowest BCUT2D eigenvalue weighted by Crippen LogP contribution is -2.46. The van der Waals surface area contributed by atoms with Gasteiger partial charge in [-0.3, -0.25) is 9.59 Å². The number of amides is 2. The van der Waals surface area contributed by atoms with Crippen molar-refractivity contribution in [2.24, 2.45) is 0 Å². The van der Waals surface area contributed by atoms with Gasteiger partial charge in [-0.2, -0.15) is 0 Å². The van der Waals surface area contributed by atoms with E-state index in [-0.39, 0.29) is 11.6 Å². The largest absolute Gasteiger partial charge is 0.352 e. The lowest BCUT2D eigenvalue weighted by molar-refractivity contribution is -0.118. The highest BCUT2D eigenvalue weighted by Crippen LogP contribution is 2.21. The first-order valence-corrected chi connectivity index (χ1v) is 8.30. The Hall–Kier alpha value is -2.67. The van der Waals surface area contributed by atoms with Crippen LogP contribution in [-0.4, -0.2) is 53.6 Å². The fourth-order valence-electron chi connectivity index (χ4n) is 2.59. The predicted molar refractivity (Wildman–Crippen MR) is 96.0 cm³/mol. The maximum Gasteiger partial charge on any atom is 0.276 e. The molecule has 25 heavy (non-hydrogen) atoms. The molecule has 1 aliphatic rings. The molecule has 0 unspecified atom stereocenters. The molecule has 1 aromatic carbocycles. The molecule has 0 aliphatic carbocycles. The number of piperazine rings is 1. The second-order valence-corrected chi connectivity index (χ2v) is 6.26. The molecule has 3 rings (SSSR count). The first-order valence-electron chi connectivity index (χ1n) is 7.92. The van der Waals surface area contributed by atoms with Gasteiger partial charge in [0.15, 0.2) is 11.5 Å². The van der Waals surface area contributed by atoms with E-state index in [1.807, 2.05) is 17.9 Å². The molecule has 8 heteroatoms. The number of nitrogens with zero attached hydrogens (tertiary/aromatic N) is 4. The number of carbonyl (C=O) groups excluding carboxylic acids is 2. The van der Waals surface area contributed by atoms with Crippen molar-refractivity contribution < 1.29 is 9.59 Å². The van der Waals surface area contributed by atoms with E-state index in [0.717, 1.165) is 12.0 Å². The van der Waals surface area contributed by atoms with Crippen LogP contribution >= 0.6 is 11.6 Å². The van der Waals surface area contributed by atoms with Crippen molar-refractivity contribution in [3.63, 3.8) is 0 Å². The van der Waals surface area contributed by atoms with Crippen LogP contribution in [0.15, 0.2) is 30.3 Å². The van der Waals surface area contributed by atoms with E-state index < -0.39 is 0 Å². The molecule has 1 fully saturated rings. The first kappa shape index (κ1) is 17.2. The average molecular weight is 360 g/mol. The minimum Gasteiger partial charge on any atom is -0.352 e. The zero-order valence-electron chi connectivity index (χ0n) is 13.8. The van der Waals surface area contributed by atoms with Crippen molar-refractivity contribution in [3.05, 3.63) is 46.6 Å². The highest BCUT2D eigenvalue weighted by molar-refractivity contribution is 6.31. The number of aromatic nitrogens is 2. The van der Waals surface area contributed by atoms with E-state index >= 15 is 0 Å². The molecule has 0 atom stereocenters. The number of benzene rings is 1. The number of nitrogens with one attached hydrogen (secondary N) is 1. The summed E-state index contributed by atoms with van der Waals surface area (Å²) < 4.78 is 0. The van der Waals surface area contributed by atoms with Crippen LogP contribution in [0.25, 0.3) is 0 Å². The molecule has 0 saturated carbocycles. The molecule has 2 aromatic rings. The van der Waals surface area contributed by atoms with E-state index in [4.69, 9.17) is 11.6 Å². The Kier molecular flexibility index (Phi) is 5.14. The summed E-state index contributed by atoms with van der Waals surface area (Å²) in [6.45, 7) is 4.59. The van der Waals surface area contributed by atoms with E-state index in [1.165, 1.54) is 0 Å². The Morgan fingerprint density at radius 2 is 1.92 bits per heavy atom. The lowest BCUT2D eigenvalue weighted by atomic mass is 10.2. The van der Waals surface area contributed by atoms with Gasteiger partial charge in [0.25, 0.3) is 5.91 Å². The zero-order chi connectivity index (χ0) is 17.8. The summed E-state index contributed by atoms with van der Waals surface area (Å²) in [7, 11) is 0. The average Bonchev–Trinajstić information content (AvgIpc) is 2.65. The van der Waals surface area contributed by atoms with Gasteiger partial charge in [-0.15, -0.1) is 10.2 Å². The SMILES string of the molecule is Cc1ccc(Cl)cc1NC(=O)c1ccc(N2CCN(C=O)CC2)nn1. The second kappa shape index (κ2) is 7.48. The Balaban J connectivity index is 1.66. The minimum atomic E-state index is -0.338. The monoisotopic (exact) mass is 359 g/mol. The van der Waals surface area contributed by atoms with Gasteiger partial charge in [0.1, 0.15) is 0 Å². The third kappa shape index (κ3) is 4.06. The van der Waals surface area contributed by atoms with E-state index in [9.17, 15) is 9.59 Å². The lowest BCUT2D eigenvalue weighted by Gasteiger charge is -2.32. The fourth-order valence-corrected chi connectivity index (χ4v) is 2.76. The number of rotatable bonds is 4. The zero-order valence-corrected chi connectivity index (χ0v) is 14.5. The van der Waals surface area contributed by atoms with Crippen LogP contribution in [0.3, 0.4) is 0 Å². The van der Waals surface area contributed by atoms with Crippen molar-refractivity contribution in [1.29, 1.82) is 0 Å². The maximum atomic E-state index is 12.3. The Morgan fingerprint density at radius 1 is 1.16 bits per heavy atom. The van der Waals surface area contributed by atoms with Gasteiger partial charge < -0.3 is 15.1 Å². The number of anilines is 2. The fraction of sp³-hybridized carbons (Fsp3) is 0.294. The maximum absolute atomic E-state index is 12.3. The van der Waals surface area contributed by atoms with Crippen LogP contribution in [-0.2, 0) is 4.79 Å². The number of carbonyl (C=O) groups is 2. The molecular weight excluding hydrogens is 342 g/mol.